The molecule has 4 rings (SSSR count). The van der Waals surface area contributed by atoms with Crippen LogP contribution in [0.2, 0.25) is 0 Å². The van der Waals surface area contributed by atoms with Crippen molar-refractivity contribution in [1.82, 2.24) is 9.88 Å². The summed E-state index contributed by atoms with van der Waals surface area (Å²) in [5.41, 5.74) is 2.60. The van der Waals surface area contributed by atoms with Crippen LogP contribution in [0.5, 0.6) is 0 Å². The fourth-order valence-corrected chi connectivity index (χ4v) is 4.27. The summed E-state index contributed by atoms with van der Waals surface area (Å²) in [5, 5.41) is 14.8. The molecule has 1 aromatic carbocycles. The van der Waals surface area contributed by atoms with Gasteiger partial charge in [-0.15, -0.1) is 0 Å². The minimum Gasteiger partial charge on any atom is -0.473 e. The lowest BCUT2D eigenvalue weighted by Crippen LogP contribution is -2.38. The van der Waals surface area contributed by atoms with Gasteiger partial charge in [0.2, 0.25) is 0 Å². The zero-order valence-electron chi connectivity index (χ0n) is 15.9. The van der Waals surface area contributed by atoms with Gasteiger partial charge in [0.1, 0.15) is 0 Å². The highest BCUT2D eigenvalue weighted by Crippen LogP contribution is 2.47. The summed E-state index contributed by atoms with van der Waals surface area (Å²) in [6, 6.07) is 10.8. The number of ether oxygens (including phenoxy) is 1. The van der Waals surface area contributed by atoms with E-state index in [4.69, 9.17) is 24.5 Å². The number of rotatable bonds is 4. The molecule has 0 radical (unpaired) electrons. The van der Waals surface area contributed by atoms with E-state index in [1.165, 1.54) is 21.2 Å². The van der Waals surface area contributed by atoms with Crippen LogP contribution in [0.3, 0.4) is 0 Å². The lowest BCUT2D eigenvalue weighted by atomic mass is 10.2. The molecule has 1 aromatic heterocycles. The number of para-hydroxylation sites is 1. The van der Waals surface area contributed by atoms with Crippen molar-refractivity contribution >= 4 is 35.1 Å². The Balaban J connectivity index is 0.000000353. The highest BCUT2D eigenvalue weighted by atomic mass is 32.2. The number of carbonyl (C=O) groups is 2. The molecule has 1 fully saturated rings. The second kappa shape index (κ2) is 10.2. The number of hydrogen-bond donors (Lipinski definition) is 2. The molecule has 2 N–H and O–H groups in total. The van der Waals surface area contributed by atoms with Crippen LogP contribution < -0.4 is 4.90 Å². The molecule has 0 saturated carbocycles. The Morgan fingerprint density at radius 2 is 1.69 bits per heavy atom. The van der Waals surface area contributed by atoms with Gasteiger partial charge in [0.25, 0.3) is 0 Å². The van der Waals surface area contributed by atoms with Crippen molar-refractivity contribution in [3.63, 3.8) is 0 Å². The third kappa shape index (κ3) is 5.69. The van der Waals surface area contributed by atoms with Crippen LogP contribution in [0, 0.1) is 0 Å². The molecule has 3 heterocycles. The van der Waals surface area contributed by atoms with Crippen molar-refractivity contribution < 1.29 is 24.5 Å². The molecule has 0 unspecified atom stereocenters. The average Bonchev–Trinajstić information content (AvgIpc) is 2.74. The molecule has 0 aliphatic carbocycles. The van der Waals surface area contributed by atoms with E-state index in [0.717, 1.165) is 45.8 Å². The molecule has 2 aliphatic heterocycles. The average molecular weight is 417 g/mol. The van der Waals surface area contributed by atoms with Gasteiger partial charge in [-0.3, -0.25) is 9.88 Å². The van der Waals surface area contributed by atoms with E-state index >= 15 is 0 Å². The molecule has 1 saturated heterocycles. The number of pyridine rings is 1. The number of benzene rings is 1. The van der Waals surface area contributed by atoms with E-state index in [9.17, 15) is 0 Å². The first-order valence-electron chi connectivity index (χ1n) is 9.31. The number of aromatic nitrogens is 1. The van der Waals surface area contributed by atoms with E-state index in [0.29, 0.717) is 0 Å². The van der Waals surface area contributed by atoms with Crippen molar-refractivity contribution in [3.05, 3.63) is 42.7 Å². The van der Waals surface area contributed by atoms with Crippen molar-refractivity contribution in [1.29, 1.82) is 0 Å². The third-order valence-electron chi connectivity index (χ3n) is 4.57. The Hall–Kier alpha value is -2.62. The lowest BCUT2D eigenvalue weighted by molar-refractivity contribution is -0.159. The number of fused-ring (bicyclic) bond motifs is 2. The number of morpholine rings is 1. The van der Waals surface area contributed by atoms with Crippen molar-refractivity contribution in [2.45, 2.75) is 16.2 Å². The van der Waals surface area contributed by atoms with Gasteiger partial charge >= 0.3 is 11.9 Å². The summed E-state index contributed by atoms with van der Waals surface area (Å²) < 4.78 is 5.43. The van der Waals surface area contributed by atoms with Gasteiger partial charge in [0.15, 0.2) is 0 Å². The molecule has 0 atom stereocenters. The second-order valence-corrected chi connectivity index (χ2v) is 7.57. The largest absolute Gasteiger partial charge is 0.473 e. The van der Waals surface area contributed by atoms with E-state index in [1.54, 1.807) is 0 Å². The van der Waals surface area contributed by atoms with Crippen molar-refractivity contribution in [2.75, 3.05) is 44.3 Å². The summed E-state index contributed by atoms with van der Waals surface area (Å²) in [4.78, 5) is 30.0. The van der Waals surface area contributed by atoms with E-state index in [1.807, 2.05) is 24.2 Å². The molecule has 154 valence electrons. The first-order chi connectivity index (χ1) is 14.1. The Morgan fingerprint density at radius 1 is 1.00 bits per heavy atom. The molecule has 29 heavy (non-hydrogen) atoms. The van der Waals surface area contributed by atoms with Crippen molar-refractivity contribution in [3.8, 4) is 0 Å². The first kappa shape index (κ1) is 21.1. The first-order valence-corrected chi connectivity index (χ1v) is 10.1. The van der Waals surface area contributed by atoms with Gasteiger partial charge in [-0.2, -0.15) is 0 Å². The van der Waals surface area contributed by atoms with Crippen LogP contribution in [-0.2, 0) is 14.3 Å². The van der Waals surface area contributed by atoms with E-state index in [2.05, 4.69) is 45.1 Å². The quantitative estimate of drug-likeness (QED) is 0.727. The molecule has 2 aliphatic rings. The Kier molecular flexibility index (Phi) is 7.45. The van der Waals surface area contributed by atoms with Gasteiger partial charge in [-0.25, -0.2) is 9.59 Å². The molecular weight excluding hydrogens is 394 g/mol. The summed E-state index contributed by atoms with van der Waals surface area (Å²) in [6.45, 7) is 6.04. The Labute approximate surface area is 173 Å². The van der Waals surface area contributed by atoms with Gasteiger partial charge in [-0.1, -0.05) is 23.9 Å². The van der Waals surface area contributed by atoms with E-state index in [-0.39, 0.29) is 0 Å². The Bertz CT molecular complexity index is 800. The maximum atomic E-state index is 9.10. The standard InChI is InChI=1S/C18H21N3OS.C2H2O4/c1-2-5-17-15(4-1)21(16-6-7-19-14-18(16)23-17)9-3-8-20-10-12-22-13-11-20;3-1(4)2(5)6/h1-2,4-7,14H,3,8-13H2;(H,3,4)(H,5,6). The maximum Gasteiger partial charge on any atom is 0.414 e. The third-order valence-corrected chi connectivity index (χ3v) is 5.67. The van der Waals surface area contributed by atoms with Crippen LogP contribution in [-0.4, -0.2) is 71.4 Å². The number of aliphatic carboxylic acids is 2. The van der Waals surface area contributed by atoms with Gasteiger partial charge in [0, 0.05) is 43.5 Å². The monoisotopic (exact) mass is 417 g/mol. The molecular formula is C20H23N3O5S. The minimum absolute atomic E-state index is 0.873. The van der Waals surface area contributed by atoms with Gasteiger partial charge in [-0.05, 0) is 24.6 Å². The maximum absolute atomic E-state index is 9.10. The van der Waals surface area contributed by atoms with Crippen LogP contribution in [0.15, 0.2) is 52.5 Å². The number of carboxylic acid groups (broad SMARTS) is 2. The van der Waals surface area contributed by atoms with Gasteiger partial charge < -0.3 is 19.8 Å². The van der Waals surface area contributed by atoms with E-state index < -0.39 is 11.9 Å². The number of anilines is 2. The van der Waals surface area contributed by atoms with Gasteiger partial charge in [0.05, 0.1) is 29.5 Å². The molecule has 0 spiro atoms. The van der Waals surface area contributed by atoms with Crippen molar-refractivity contribution in [2.24, 2.45) is 0 Å². The molecule has 0 amide bonds. The Morgan fingerprint density at radius 3 is 2.41 bits per heavy atom. The second-order valence-electron chi connectivity index (χ2n) is 6.48. The summed E-state index contributed by atoms with van der Waals surface area (Å²) in [5.74, 6) is -3.65. The van der Waals surface area contributed by atoms with Crippen LogP contribution in [0.25, 0.3) is 0 Å². The zero-order chi connectivity index (χ0) is 20.6. The fraction of sp³-hybridized carbons (Fsp3) is 0.350. The predicted octanol–water partition coefficient (Wildman–Crippen LogP) is 2.56. The SMILES string of the molecule is O=C(O)C(=O)O.c1ccc2c(c1)Sc1cnccc1N2CCCN1CCOCC1. The molecule has 9 heteroatoms. The predicted molar refractivity (Wildman–Crippen MR) is 109 cm³/mol. The highest BCUT2D eigenvalue weighted by Gasteiger charge is 2.23. The summed E-state index contributed by atoms with van der Waals surface area (Å²) in [6.07, 6.45) is 5.02. The highest BCUT2D eigenvalue weighted by molar-refractivity contribution is 7.99. The number of carboxylic acids is 2. The summed E-state index contributed by atoms with van der Waals surface area (Å²) >= 11 is 1.82. The minimum atomic E-state index is -1.82. The zero-order valence-corrected chi connectivity index (χ0v) is 16.7. The summed E-state index contributed by atoms with van der Waals surface area (Å²) in [7, 11) is 0. The topological polar surface area (TPSA) is 103 Å². The fourth-order valence-electron chi connectivity index (χ4n) is 3.21. The normalized spacial score (nSPS) is 15.5. The lowest BCUT2D eigenvalue weighted by Gasteiger charge is -2.33. The number of hydrogen-bond acceptors (Lipinski definition) is 7. The molecule has 8 nitrogen and oxygen atoms in total. The molecule has 0 bridgehead atoms. The van der Waals surface area contributed by atoms with Crippen LogP contribution in [0.4, 0.5) is 11.4 Å². The molecule has 2 aromatic rings. The number of nitrogens with zero attached hydrogens (tertiary/aromatic N) is 3. The smallest absolute Gasteiger partial charge is 0.414 e. The van der Waals surface area contributed by atoms with Crippen LogP contribution >= 0.6 is 11.8 Å². The van der Waals surface area contributed by atoms with Crippen LogP contribution in [0.1, 0.15) is 6.42 Å².